The number of aromatic nitrogens is 2. The maximum atomic E-state index is 13.3. The van der Waals surface area contributed by atoms with E-state index in [-0.39, 0.29) is 36.7 Å². The van der Waals surface area contributed by atoms with E-state index in [9.17, 15) is 9.59 Å². The van der Waals surface area contributed by atoms with E-state index in [4.69, 9.17) is 4.74 Å². The van der Waals surface area contributed by atoms with Crippen LogP contribution < -0.4 is 15.4 Å². The molecular weight excluding hydrogens is 406 g/mol. The maximum absolute atomic E-state index is 13.3. The summed E-state index contributed by atoms with van der Waals surface area (Å²) in [6.45, 7) is 5.85. The van der Waals surface area contributed by atoms with Gasteiger partial charge in [-0.15, -0.1) is 12.4 Å². The van der Waals surface area contributed by atoms with Gasteiger partial charge in [0.05, 0.1) is 19.1 Å². The number of halogens is 1. The van der Waals surface area contributed by atoms with Gasteiger partial charge in [-0.25, -0.2) is 4.98 Å². The Morgan fingerprint density at radius 3 is 2.80 bits per heavy atom. The molecule has 0 radical (unpaired) electrons. The number of nitrogens with one attached hydrogen (secondary N) is 2. The third-order valence-electron chi connectivity index (χ3n) is 5.07. The molecule has 2 amide bonds. The molecule has 0 bridgehead atoms. The molecule has 1 aliphatic heterocycles. The van der Waals surface area contributed by atoms with Crippen LogP contribution in [-0.4, -0.2) is 52.5 Å². The molecule has 1 fully saturated rings. The molecular formula is C21H30ClN5O3. The van der Waals surface area contributed by atoms with Crippen LogP contribution in [-0.2, 0) is 16.6 Å². The average molecular weight is 436 g/mol. The molecule has 8 nitrogen and oxygen atoms in total. The van der Waals surface area contributed by atoms with Gasteiger partial charge in [0.1, 0.15) is 17.6 Å². The van der Waals surface area contributed by atoms with E-state index < -0.39 is 6.04 Å². The number of carbonyl (C=O) groups excluding carboxylic acids is 2. The number of carbonyl (C=O) groups is 2. The number of aryl methyl sites for hydroxylation is 1. The number of imidazole rings is 1. The summed E-state index contributed by atoms with van der Waals surface area (Å²) in [5.74, 6) is 1.32. The molecule has 2 N–H and O–H groups in total. The highest BCUT2D eigenvalue weighted by Gasteiger charge is 2.32. The number of amides is 2. The summed E-state index contributed by atoms with van der Waals surface area (Å²) in [6, 6.07) is 6.93. The fourth-order valence-electron chi connectivity index (χ4n) is 3.76. The van der Waals surface area contributed by atoms with Crippen molar-refractivity contribution in [3.05, 3.63) is 48.0 Å². The summed E-state index contributed by atoms with van der Waals surface area (Å²) >= 11 is 0. The van der Waals surface area contributed by atoms with Gasteiger partial charge < -0.3 is 24.8 Å². The van der Waals surface area contributed by atoms with Gasteiger partial charge in [-0.1, -0.05) is 18.2 Å². The van der Waals surface area contributed by atoms with E-state index in [0.29, 0.717) is 25.4 Å². The molecule has 1 saturated heterocycles. The zero-order valence-electron chi connectivity index (χ0n) is 17.6. The lowest BCUT2D eigenvalue weighted by Crippen LogP contribution is -2.50. The summed E-state index contributed by atoms with van der Waals surface area (Å²) in [7, 11) is 1.93. The highest BCUT2D eigenvalue weighted by atomic mass is 35.5. The predicted molar refractivity (Wildman–Crippen MR) is 117 cm³/mol. The molecule has 1 aliphatic rings. The van der Waals surface area contributed by atoms with Crippen molar-refractivity contribution in [3.63, 3.8) is 0 Å². The van der Waals surface area contributed by atoms with Crippen LogP contribution in [0.25, 0.3) is 0 Å². The van der Waals surface area contributed by atoms with Gasteiger partial charge in [-0.05, 0) is 13.0 Å². The fraction of sp³-hybridized carbons (Fsp3) is 0.476. The van der Waals surface area contributed by atoms with E-state index in [0.717, 1.165) is 17.9 Å². The van der Waals surface area contributed by atoms with Crippen LogP contribution in [0.2, 0.25) is 0 Å². The van der Waals surface area contributed by atoms with Gasteiger partial charge in [-0.3, -0.25) is 9.59 Å². The number of benzene rings is 1. The third kappa shape index (κ3) is 5.52. The van der Waals surface area contributed by atoms with Crippen LogP contribution >= 0.6 is 12.4 Å². The monoisotopic (exact) mass is 435 g/mol. The Bertz CT molecular complexity index is 857. The van der Waals surface area contributed by atoms with Crippen LogP contribution in [0.15, 0.2) is 36.7 Å². The Hall–Kier alpha value is -2.58. The number of piperazine rings is 1. The molecule has 2 unspecified atom stereocenters. The van der Waals surface area contributed by atoms with Crippen LogP contribution in [0.5, 0.6) is 5.75 Å². The van der Waals surface area contributed by atoms with Crippen molar-refractivity contribution >= 4 is 24.2 Å². The van der Waals surface area contributed by atoms with Crippen LogP contribution in [0.3, 0.4) is 0 Å². The molecule has 30 heavy (non-hydrogen) atoms. The second kappa shape index (κ2) is 11.0. The van der Waals surface area contributed by atoms with Crippen molar-refractivity contribution in [2.45, 2.75) is 32.4 Å². The molecule has 0 spiro atoms. The molecule has 9 heteroatoms. The van der Waals surface area contributed by atoms with Gasteiger partial charge in [-0.2, -0.15) is 0 Å². The smallest absolute Gasteiger partial charge is 0.225 e. The van der Waals surface area contributed by atoms with E-state index in [1.165, 1.54) is 6.92 Å². The topological polar surface area (TPSA) is 88.5 Å². The van der Waals surface area contributed by atoms with Crippen molar-refractivity contribution in [2.75, 3.05) is 26.2 Å². The number of ether oxygens (including phenoxy) is 1. The number of nitrogens with zero attached hydrogens (tertiary/aromatic N) is 3. The minimum atomic E-state index is -0.459. The Morgan fingerprint density at radius 1 is 1.37 bits per heavy atom. The number of hydrogen-bond donors (Lipinski definition) is 2. The average Bonchev–Trinajstić information content (AvgIpc) is 3.13. The minimum Gasteiger partial charge on any atom is -0.494 e. The molecule has 0 aliphatic carbocycles. The molecule has 2 heterocycles. The maximum Gasteiger partial charge on any atom is 0.225 e. The highest BCUT2D eigenvalue weighted by molar-refractivity contribution is 5.85. The first kappa shape index (κ1) is 23.7. The summed E-state index contributed by atoms with van der Waals surface area (Å²) in [5.41, 5.74) is 0.807. The minimum absolute atomic E-state index is 0. The van der Waals surface area contributed by atoms with E-state index in [2.05, 4.69) is 15.6 Å². The van der Waals surface area contributed by atoms with Crippen molar-refractivity contribution in [3.8, 4) is 5.75 Å². The Morgan fingerprint density at radius 2 is 2.13 bits per heavy atom. The SMILES string of the molecule is CCOc1ccccc1C(CC(=O)N1CCNCC1c1nccn1C)NC(C)=O.Cl. The Labute approximate surface area is 183 Å². The van der Waals surface area contributed by atoms with Crippen molar-refractivity contribution < 1.29 is 14.3 Å². The molecule has 2 atom stereocenters. The highest BCUT2D eigenvalue weighted by Crippen LogP contribution is 2.30. The molecule has 1 aromatic heterocycles. The fourth-order valence-corrected chi connectivity index (χ4v) is 3.76. The third-order valence-corrected chi connectivity index (χ3v) is 5.07. The summed E-state index contributed by atoms with van der Waals surface area (Å²) in [6.07, 6.45) is 3.78. The molecule has 2 aromatic rings. The predicted octanol–water partition coefficient (Wildman–Crippen LogP) is 1.98. The van der Waals surface area contributed by atoms with Crippen LogP contribution in [0.1, 0.15) is 43.7 Å². The van der Waals surface area contributed by atoms with E-state index >= 15 is 0 Å². The number of rotatable bonds is 7. The Balaban J connectivity index is 0.00000320. The molecule has 0 saturated carbocycles. The first-order valence-electron chi connectivity index (χ1n) is 9.97. The normalized spacial score (nSPS) is 17.0. The summed E-state index contributed by atoms with van der Waals surface area (Å²) < 4.78 is 7.66. The van der Waals surface area contributed by atoms with Gasteiger partial charge in [0.25, 0.3) is 0 Å². The van der Waals surface area contributed by atoms with Crippen molar-refractivity contribution in [1.82, 2.24) is 25.1 Å². The van der Waals surface area contributed by atoms with Crippen molar-refractivity contribution in [2.24, 2.45) is 7.05 Å². The molecule has 164 valence electrons. The largest absolute Gasteiger partial charge is 0.494 e. The summed E-state index contributed by atoms with van der Waals surface area (Å²) in [4.78, 5) is 31.5. The van der Waals surface area contributed by atoms with Gasteiger partial charge in [0.15, 0.2) is 0 Å². The first-order valence-corrected chi connectivity index (χ1v) is 9.97. The van der Waals surface area contributed by atoms with E-state index in [1.807, 2.05) is 53.9 Å². The van der Waals surface area contributed by atoms with Gasteiger partial charge in [0, 0.05) is 51.6 Å². The van der Waals surface area contributed by atoms with Gasteiger partial charge in [0.2, 0.25) is 11.8 Å². The lowest BCUT2D eigenvalue weighted by molar-refractivity contribution is -0.135. The zero-order valence-corrected chi connectivity index (χ0v) is 18.4. The molecule has 1 aromatic carbocycles. The lowest BCUT2D eigenvalue weighted by atomic mass is 10.0. The van der Waals surface area contributed by atoms with Crippen LogP contribution in [0, 0.1) is 0 Å². The summed E-state index contributed by atoms with van der Waals surface area (Å²) in [5, 5.41) is 6.26. The standard InChI is InChI=1S/C21H29N5O3.ClH/c1-4-29-19-8-6-5-7-16(19)17(24-15(2)27)13-20(28)26-12-9-22-14-18(26)21-23-10-11-25(21)3;/h5-8,10-11,17-18,22H,4,9,12-14H2,1-3H3,(H,24,27);1H. The Kier molecular flexibility index (Phi) is 8.68. The van der Waals surface area contributed by atoms with Crippen molar-refractivity contribution in [1.29, 1.82) is 0 Å². The number of para-hydroxylation sites is 1. The van der Waals surface area contributed by atoms with E-state index in [1.54, 1.807) is 6.20 Å². The van der Waals surface area contributed by atoms with Crippen LogP contribution in [0.4, 0.5) is 0 Å². The number of hydrogen-bond acceptors (Lipinski definition) is 5. The first-order chi connectivity index (χ1) is 14.0. The van der Waals surface area contributed by atoms with Gasteiger partial charge >= 0.3 is 0 Å². The lowest BCUT2D eigenvalue weighted by Gasteiger charge is -2.36. The second-order valence-electron chi connectivity index (χ2n) is 7.13. The second-order valence-corrected chi connectivity index (χ2v) is 7.13. The molecule has 3 rings (SSSR count). The zero-order chi connectivity index (χ0) is 20.8. The quantitative estimate of drug-likeness (QED) is 0.694.